The van der Waals surface area contributed by atoms with Gasteiger partial charge in [0.15, 0.2) is 0 Å². The van der Waals surface area contributed by atoms with E-state index in [9.17, 15) is 10.1 Å². The first kappa shape index (κ1) is 10.7. The summed E-state index contributed by atoms with van der Waals surface area (Å²) in [4.78, 5) is 9.90. The molecule has 0 fully saturated rings. The third-order valence-electron chi connectivity index (χ3n) is 1.91. The molecule has 0 heterocycles. The van der Waals surface area contributed by atoms with E-state index in [1.807, 2.05) is 0 Å². The molecule has 1 aromatic rings. The van der Waals surface area contributed by atoms with Crippen molar-refractivity contribution in [2.45, 2.75) is 18.9 Å². The Morgan fingerprint density at radius 2 is 2.00 bits per heavy atom. The van der Waals surface area contributed by atoms with Gasteiger partial charge >= 0.3 is 0 Å². The van der Waals surface area contributed by atoms with Crippen molar-refractivity contribution < 1.29 is 10.0 Å². The van der Waals surface area contributed by atoms with Crippen molar-refractivity contribution in [1.29, 1.82) is 0 Å². The van der Waals surface area contributed by atoms with Crippen LogP contribution in [-0.2, 0) is 6.42 Å². The van der Waals surface area contributed by atoms with Crippen LogP contribution in [-0.4, -0.2) is 16.1 Å². The number of nitro groups is 1. The standard InChI is InChI=1S/C10H12NO3/c1-8(12)2-3-9-4-6-10(7-5-9)11(13)14/h4-8,12H,1-3H2. The number of benzene rings is 1. The Morgan fingerprint density at radius 3 is 2.43 bits per heavy atom. The van der Waals surface area contributed by atoms with E-state index in [0.717, 1.165) is 5.56 Å². The summed E-state index contributed by atoms with van der Waals surface area (Å²) < 4.78 is 0. The Labute approximate surface area is 82.3 Å². The lowest BCUT2D eigenvalue weighted by Gasteiger charge is -2.03. The summed E-state index contributed by atoms with van der Waals surface area (Å²) in [7, 11) is 0. The predicted octanol–water partition coefficient (Wildman–Crippen LogP) is 1.72. The molecule has 1 unspecified atom stereocenters. The van der Waals surface area contributed by atoms with Gasteiger partial charge in [-0.3, -0.25) is 10.1 Å². The van der Waals surface area contributed by atoms with E-state index in [0.29, 0.717) is 12.8 Å². The lowest BCUT2D eigenvalue weighted by Crippen LogP contribution is -2.01. The first-order chi connectivity index (χ1) is 6.59. The number of hydrogen-bond donors (Lipinski definition) is 1. The molecule has 1 N–H and O–H groups in total. The molecule has 1 radical (unpaired) electrons. The molecule has 0 aliphatic heterocycles. The predicted molar refractivity (Wildman–Crippen MR) is 52.8 cm³/mol. The minimum Gasteiger partial charge on any atom is -0.393 e. The van der Waals surface area contributed by atoms with E-state index in [-0.39, 0.29) is 5.69 Å². The van der Waals surface area contributed by atoms with Crippen LogP contribution in [0.25, 0.3) is 0 Å². The SMILES string of the molecule is [CH2]C(O)CCc1ccc([N+](=O)[O-])cc1. The number of nitrogens with zero attached hydrogens (tertiary/aromatic N) is 1. The lowest BCUT2D eigenvalue weighted by atomic mass is 10.1. The molecule has 14 heavy (non-hydrogen) atoms. The average molecular weight is 194 g/mol. The van der Waals surface area contributed by atoms with Crippen LogP contribution >= 0.6 is 0 Å². The van der Waals surface area contributed by atoms with Gasteiger partial charge < -0.3 is 5.11 Å². The molecule has 1 atom stereocenters. The number of rotatable bonds is 4. The van der Waals surface area contributed by atoms with Gasteiger partial charge in [-0.1, -0.05) is 12.1 Å². The summed E-state index contributed by atoms with van der Waals surface area (Å²) >= 11 is 0. The van der Waals surface area contributed by atoms with E-state index < -0.39 is 11.0 Å². The first-order valence-corrected chi connectivity index (χ1v) is 4.34. The molecule has 0 aliphatic rings. The zero-order valence-corrected chi connectivity index (χ0v) is 7.72. The maximum absolute atomic E-state index is 10.3. The van der Waals surface area contributed by atoms with E-state index in [2.05, 4.69) is 6.92 Å². The van der Waals surface area contributed by atoms with Crippen molar-refractivity contribution >= 4 is 5.69 Å². The fourth-order valence-corrected chi connectivity index (χ4v) is 1.12. The van der Waals surface area contributed by atoms with Gasteiger partial charge in [0.2, 0.25) is 0 Å². The molecule has 1 aromatic carbocycles. The molecule has 75 valence electrons. The van der Waals surface area contributed by atoms with Crippen LogP contribution < -0.4 is 0 Å². The van der Waals surface area contributed by atoms with Crippen LogP contribution in [0.1, 0.15) is 12.0 Å². The molecule has 0 bridgehead atoms. The van der Waals surface area contributed by atoms with E-state index in [1.165, 1.54) is 12.1 Å². The van der Waals surface area contributed by atoms with Gasteiger partial charge in [-0.05, 0) is 25.3 Å². The number of aryl methyl sites for hydroxylation is 1. The molecular formula is C10H12NO3. The largest absolute Gasteiger partial charge is 0.393 e. The summed E-state index contributed by atoms with van der Waals surface area (Å²) in [5.74, 6) is 0. The molecule has 4 heteroatoms. The lowest BCUT2D eigenvalue weighted by molar-refractivity contribution is -0.384. The van der Waals surface area contributed by atoms with Crippen molar-refractivity contribution in [3.8, 4) is 0 Å². The summed E-state index contributed by atoms with van der Waals surface area (Å²) in [6.45, 7) is 3.45. The number of hydrogen-bond acceptors (Lipinski definition) is 3. The van der Waals surface area contributed by atoms with Gasteiger partial charge in [0, 0.05) is 12.1 Å². The molecule has 0 amide bonds. The van der Waals surface area contributed by atoms with Gasteiger partial charge in [0.05, 0.1) is 11.0 Å². The van der Waals surface area contributed by atoms with Crippen LogP contribution in [0.2, 0.25) is 0 Å². The second-order valence-electron chi connectivity index (χ2n) is 3.12. The molecule has 1 rings (SSSR count). The normalized spacial score (nSPS) is 12.4. The Bertz CT molecular complexity index is 306. The van der Waals surface area contributed by atoms with E-state index >= 15 is 0 Å². The summed E-state index contributed by atoms with van der Waals surface area (Å²) in [5, 5.41) is 19.3. The molecule has 0 spiro atoms. The Hall–Kier alpha value is -1.42. The van der Waals surface area contributed by atoms with Crippen molar-refractivity contribution in [2.24, 2.45) is 0 Å². The van der Waals surface area contributed by atoms with E-state index in [1.54, 1.807) is 12.1 Å². The average Bonchev–Trinajstić information content (AvgIpc) is 2.15. The Balaban J connectivity index is 2.60. The number of aliphatic hydroxyl groups is 1. The van der Waals surface area contributed by atoms with Gasteiger partial charge in [-0.15, -0.1) is 0 Å². The smallest absolute Gasteiger partial charge is 0.269 e. The fraction of sp³-hybridized carbons (Fsp3) is 0.300. The molecule has 0 saturated heterocycles. The maximum Gasteiger partial charge on any atom is 0.269 e. The Kier molecular flexibility index (Phi) is 3.59. The van der Waals surface area contributed by atoms with Crippen molar-refractivity contribution in [3.05, 3.63) is 46.9 Å². The number of nitro benzene ring substituents is 1. The van der Waals surface area contributed by atoms with Crippen LogP contribution in [0.15, 0.2) is 24.3 Å². The Morgan fingerprint density at radius 1 is 1.43 bits per heavy atom. The van der Waals surface area contributed by atoms with Crippen LogP contribution in [0, 0.1) is 17.0 Å². The van der Waals surface area contributed by atoms with Gasteiger partial charge in [-0.25, -0.2) is 0 Å². The zero-order chi connectivity index (χ0) is 10.6. The zero-order valence-electron chi connectivity index (χ0n) is 7.72. The van der Waals surface area contributed by atoms with Crippen LogP contribution in [0.3, 0.4) is 0 Å². The van der Waals surface area contributed by atoms with Gasteiger partial charge in [-0.2, -0.15) is 0 Å². The van der Waals surface area contributed by atoms with Crippen molar-refractivity contribution in [2.75, 3.05) is 0 Å². The summed E-state index contributed by atoms with van der Waals surface area (Å²) in [6.07, 6.45) is 0.672. The van der Waals surface area contributed by atoms with Crippen LogP contribution in [0.5, 0.6) is 0 Å². The number of aliphatic hydroxyl groups excluding tert-OH is 1. The minimum absolute atomic E-state index is 0.0870. The van der Waals surface area contributed by atoms with E-state index in [4.69, 9.17) is 5.11 Å². The molecule has 0 saturated carbocycles. The molecule has 0 aliphatic carbocycles. The molecular weight excluding hydrogens is 182 g/mol. The van der Waals surface area contributed by atoms with Crippen molar-refractivity contribution in [1.82, 2.24) is 0 Å². The highest BCUT2D eigenvalue weighted by atomic mass is 16.6. The number of non-ortho nitro benzene ring substituents is 1. The fourth-order valence-electron chi connectivity index (χ4n) is 1.12. The highest BCUT2D eigenvalue weighted by Gasteiger charge is 2.04. The highest BCUT2D eigenvalue weighted by Crippen LogP contribution is 2.13. The second kappa shape index (κ2) is 4.72. The monoisotopic (exact) mass is 194 g/mol. The van der Waals surface area contributed by atoms with Gasteiger partial charge in [0.1, 0.15) is 0 Å². The minimum atomic E-state index is -0.579. The first-order valence-electron chi connectivity index (χ1n) is 4.34. The summed E-state index contributed by atoms with van der Waals surface area (Å²) in [5.41, 5.74) is 1.06. The van der Waals surface area contributed by atoms with Gasteiger partial charge in [0.25, 0.3) is 5.69 Å². The molecule has 4 nitrogen and oxygen atoms in total. The second-order valence-corrected chi connectivity index (χ2v) is 3.12. The third kappa shape index (κ3) is 3.14. The molecule has 0 aromatic heterocycles. The third-order valence-corrected chi connectivity index (χ3v) is 1.91. The van der Waals surface area contributed by atoms with Crippen LogP contribution in [0.4, 0.5) is 5.69 Å². The highest BCUT2D eigenvalue weighted by molar-refractivity contribution is 5.32. The topological polar surface area (TPSA) is 63.4 Å². The summed E-state index contributed by atoms with van der Waals surface area (Å²) in [6, 6.07) is 6.32. The van der Waals surface area contributed by atoms with Crippen molar-refractivity contribution in [3.63, 3.8) is 0 Å². The maximum atomic E-state index is 10.3. The quantitative estimate of drug-likeness (QED) is 0.586.